The van der Waals surface area contributed by atoms with Crippen LogP contribution in [0, 0.1) is 0 Å². The molecule has 1 unspecified atom stereocenters. The van der Waals surface area contributed by atoms with Crippen LogP contribution in [0.2, 0.25) is 0 Å². The molecule has 0 aromatic heterocycles. The molecule has 2 aliphatic heterocycles. The fourth-order valence-corrected chi connectivity index (χ4v) is 3.76. The lowest BCUT2D eigenvalue weighted by Gasteiger charge is -2.32. The van der Waals surface area contributed by atoms with Gasteiger partial charge < -0.3 is 18.9 Å². The average molecular weight is 393 g/mol. The first-order valence-corrected chi connectivity index (χ1v) is 10.2. The zero-order chi connectivity index (χ0) is 20.6. The maximum atomic E-state index is 12.6. The molecule has 29 heavy (non-hydrogen) atoms. The molecule has 2 aliphatic rings. The Kier molecular flexibility index (Phi) is 5.17. The highest BCUT2D eigenvalue weighted by molar-refractivity contribution is 6.62. The quantitative estimate of drug-likeness (QED) is 0.741. The number of ether oxygens (including phenoxy) is 1. The first-order valence-electron chi connectivity index (χ1n) is 10.2. The molecule has 0 aliphatic carbocycles. The van der Waals surface area contributed by atoms with Gasteiger partial charge in [0.2, 0.25) is 0 Å². The van der Waals surface area contributed by atoms with Crippen molar-refractivity contribution < 1.29 is 18.8 Å². The predicted molar refractivity (Wildman–Crippen MR) is 114 cm³/mol. The summed E-state index contributed by atoms with van der Waals surface area (Å²) in [5.41, 5.74) is 1.42. The highest BCUT2D eigenvalue weighted by Gasteiger charge is 2.51. The maximum absolute atomic E-state index is 12.6. The first kappa shape index (κ1) is 20.0. The SMILES string of the molecule is CC1(C)OB(c2ccc(OC(=O)N3CCC(c4ccccc4)C3)cc2)OC1(C)C. The lowest BCUT2D eigenvalue weighted by molar-refractivity contribution is 0.00578. The molecule has 0 N–H and O–H groups in total. The van der Waals surface area contributed by atoms with Gasteiger partial charge >= 0.3 is 13.2 Å². The normalized spacial score (nSPS) is 22.7. The first-order chi connectivity index (χ1) is 13.7. The molecule has 2 heterocycles. The Hall–Kier alpha value is -2.31. The Labute approximate surface area is 173 Å². The van der Waals surface area contributed by atoms with Crippen LogP contribution in [0.4, 0.5) is 4.79 Å². The lowest BCUT2D eigenvalue weighted by Crippen LogP contribution is -2.41. The third kappa shape index (κ3) is 4.05. The van der Waals surface area contributed by atoms with E-state index in [4.69, 9.17) is 14.0 Å². The van der Waals surface area contributed by atoms with E-state index in [1.807, 2.05) is 58.0 Å². The van der Waals surface area contributed by atoms with Crippen molar-refractivity contribution in [3.63, 3.8) is 0 Å². The topological polar surface area (TPSA) is 48.0 Å². The van der Waals surface area contributed by atoms with Crippen molar-refractivity contribution in [3.8, 4) is 5.75 Å². The molecular formula is C23H28BNO4. The van der Waals surface area contributed by atoms with Gasteiger partial charge in [-0.3, -0.25) is 0 Å². The molecule has 0 radical (unpaired) electrons. The Balaban J connectivity index is 1.35. The second-order valence-corrected chi connectivity index (χ2v) is 8.87. The van der Waals surface area contributed by atoms with Crippen LogP contribution >= 0.6 is 0 Å². The van der Waals surface area contributed by atoms with E-state index in [9.17, 15) is 4.79 Å². The van der Waals surface area contributed by atoms with Crippen LogP contribution in [0.15, 0.2) is 54.6 Å². The van der Waals surface area contributed by atoms with E-state index in [1.165, 1.54) is 5.56 Å². The number of nitrogens with zero attached hydrogens (tertiary/aromatic N) is 1. The molecule has 2 aromatic carbocycles. The van der Waals surface area contributed by atoms with Gasteiger partial charge in [-0.1, -0.05) is 42.5 Å². The average Bonchev–Trinajstić information content (AvgIpc) is 3.26. The molecule has 2 saturated heterocycles. The molecule has 1 atom stereocenters. The zero-order valence-corrected chi connectivity index (χ0v) is 17.6. The maximum Gasteiger partial charge on any atom is 0.494 e. The van der Waals surface area contributed by atoms with E-state index in [2.05, 4.69) is 12.1 Å². The molecule has 1 amide bonds. The zero-order valence-electron chi connectivity index (χ0n) is 17.6. The number of hydrogen-bond acceptors (Lipinski definition) is 4. The van der Waals surface area contributed by atoms with Gasteiger partial charge in [-0.05, 0) is 57.3 Å². The van der Waals surface area contributed by atoms with Gasteiger partial charge in [-0.2, -0.15) is 0 Å². The predicted octanol–water partition coefficient (Wildman–Crippen LogP) is 3.97. The number of hydrogen-bond donors (Lipinski definition) is 0. The number of likely N-dealkylation sites (tertiary alicyclic amines) is 1. The molecule has 152 valence electrons. The van der Waals surface area contributed by atoms with Crippen LogP contribution in [0.5, 0.6) is 5.75 Å². The minimum atomic E-state index is -0.421. The summed E-state index contributed by atoms with van der Waals surface area (Å²) >= 11 is 0. The van der Waals surface area contributed by atoms with Crippen molar-refractivity contribution in [1.82, 2.24) is 4.90 Å². The summed E-state index contributed by atoms with van der Waals surface area (Å²) in [6.45, 7) is 9.52. The summed E-state index contributed by atoms with van der Waals surface area (Å²) in [7, 11) is -0.421. The molecular weight excluding hydrogens is 365 g/mol. The van der Waals surface area contributed by atoms with E-state index in [0.29, 0.717) is 24.8 Å². The van der Waals surface area contributed by atoms with E-state index in [-0.39, 0.29) is 17.3 Å². The Morgan fingerprint density at radius 1 is 1.00 bits per heavy atom. The molecule has 6 heteroatoms. The van der Waals surface area contributed by atoms with Crippen LogP contribution in [0.25, 0.3) is 0 Å². The van der Waals surface area contributed by atoms with Gasteiger partial charge in [0, 0.05) is 19.0 Å². The standard InChI is InChI=1S/C23H28BNO4/c1-22(2)23(3,4)29-24(28-22)19-10-12-20(13-11-19)27-21(26)25-15-14-18(16-25)17-8-6-5-7-9-17/h5-13,18H,14-16H2,1-4H3. The number of benzene rings is 2. The monoisotopic (exact) mass is 393 g/mol. The number of rotatable bonds is 3. The van der Waals surface area contributed by atoms with Crippen LogP contribution in [-0.2, 0) is 9.31 Å². The number of amides is 1. The van der Waals surface area contributed by atoms with E-state index in [0.717, 1.165) is 11.9 Å². The van der Waals surface area contributed by atoms with Crippen molar-refractivity contribution in [2.75, 3.05) is 13.1 Å². The van der Waals surface area contributed by atoms with Crippen molar-refractivity contribution in [2.45, 2.75) is 51.2 Å². The van der Waals surface area contributed by atoms with E-state index in [1.54, 1.807) is 17.0 Å². The largest absolute Gasteiger partial charge is 0.494 e. The summed E-state index contributed by atoms with van der Waals surface area (Å²) in [5.74, 6) is 0.896. The summed E-state index contributed by atoms with van der Waals surface area (Å²) in [4.78, 5) is 14.3. The fourth-order valence-electron chi connectivity index (χ4n) is 3.76. The molecule has 4 rings (SSSR count). The lowest BCUT2D eigenvalue weighted by atomic mass is 9.79. The third-order valence-corrected chi connectivity index (χ3v) is 6.33. The summed E-state index contributed by atoms with van der Waals surface area (Å²) in [6.07, 6.45) is 0.659. The third-order valence-electron chi connectivity index (χ3n) is 6.33. The second-order valence-electron chi connectivity index (χ2n) is 8.87. The molecule has 0 spiro atoms. The Morgan fingerprint density at radius 3 is 2.24 bits per heavy atom. The van der Waals surface area contributed by atoms with Crippen LogP contribution < -0.4 is 10.2 Å². The van der Waals surface area contributed by atoms with Gasteiger partial charge in [-0.15, -0.1) is 0 Å². The highest BCUT2D eigenvalue weighted by Crippen LogP contribution is 2.36. The van der Waals surface area contributed by atoms with Crippen LogP contribution in [0.1, 0.15) is 45.6 Å². The highest BCUT2D eigenvalue weighted by atomic mass is 16.7. The van der Waals surface area contributed by atoms with Gasteiger partial charge in [0.25, 0.3) is 0 Å². The fraction of sp³-hybridized carbons (Fsp3) is 0.435. The minimum absolute atomic E-state index is 0.299. The summed E-state index contributed by atoms with van der Waals surface area (Å²) in [5, 5.41) is 0. The summed E-state index contributed by atoms with van der Waals surface area (Å²) < 4.78 is 17.7. The van der Waals surface area contributed by atoms with Gasteiger partial charge in [0.15, 0.2) is 0 Å². The van der Waals surface area contributed by atoms with Crippen LogP contribution in [-0.4, -0.2) is 42.4 Å². The van der Waals surface area contributed by atoms with Gasteiger partial charge in [0.1, 0.15) is 5.75 Å². The van der Waals surface area contributed by atoms with Gasteiger partial charge in [0.05, 0.1) is 11.2 Å². The van der Waals surface area contributed by atoms with Crippen molar-refractivity contribution in [2.24, 2.45) is 0 Å². The minimum Gasteiger partial charge on any atom is -0.410 e. The Morgan fingerprint density at radius 2 is 1.62 bits per heavy atom. The smallest absolute Gasteiger partial charge is 0.410 e. The summed E-state index contributed by atoms with van der Waals surface area (Å²) in [6, 6.07) is 17.7. The van der Waals surface area contributed by atoms with Crippen LogP contribution in [0.3, 0.4) is 0 Å². The molecule has 2 fully saturated rings. The van der Waals surface area contributed by atoms with Crippen molar-refractivity contribution >= 4 is 18.7 Å². The molecule has 5 nitrogen and oxygen atoms in total. The van der Waals surface area contributed by atoms with Crippen molar-refractivity contribution in [3.05, 3.63) is 60.2 Å². The second kappa shape index (κ2) is 7.50. The molecule has 0 bridgehead atoms. The molecule has 2 aromatic rings. The Bertz CT molecular complexity index is 850. The molecule has 0 saturated carbocycles. The van der Waals surface area contributed by atoms with E-state index < -0.39 is 7.12 Å². The van der Waals surface area contributed by atoms with E-state index >= 15 is 0 Å². The number of carbonyl (C=O) groups excluding carboxylic acids is 1. The van der Waals surface area contributed by atoms with Crippen molar-refractivity contribution in [1.29, 1.82) is 0 Å². The number of carbonyl (C=O) groups is 1. The van der Waals surface area contributed by atoms with Gasteiger partial charge in [-0.25, -0.2) is 4.79 Å².